The first-order valence-electron chi connectivity index (χ1n) is 7.94. The van der Waals surface area contributed by atoms with E-state index < -0.39 is 0 Å². The maximum atomic E-state index is 13.1. The van der Waals surface area contributed by atoms with Crippen LogP contribution in [-0.4, -0.2) is 37.1 Å². The van der Waals surface area contributed by atoms with Crippen molar-refractivity contribution in [3.8, 4) is 0 Å². The molecule has 1 N–H and O–H groups in total. The van der Waals surface area contributed by atoms with Gasteiger partial charge in [-0.05, 0) is 76.5 Å². The van der Waals surface area contributed by atoms with E-state index in [4.69, 9.17) is 0 Å². The first-order chi connectivity index (χ1) is 9.74. The summed E-state index contributed by atoms with van der Waals surface area (Å²) in [4.78, 5) is 2.57. The molecular weight excluding hydrogens is 251 g/mol. The Labute approximate surface area is 122 Å². The molecule has 1 aliphatic heterocycles. The second-order valence-electron chi connectivity index (χ2n) is 5.95. The molecule has 1 unspecified atom stereocenters. The van der Waals surface area contributed by atoms with Gasteiger partial charge in [0, 0.05) is 6.04 Å². The van der Waals surface area contributed by atoms with Crippen LogP contribution in [0.25, 0.3) is 0 Å². The van der Waals surface area contributed by atoms with Crippen molar-refractivity contribution in [1.82, 2.24) is 10.2 Å². The molecule has 0 spiro atoms. The first-order valence-corrected chi connectivity index (χ1v) is 7.94. The van der Waals surface area contributed by atoms with Gasteiger partial charge in [-0.1, -0.05) is 18.6 Å². The number of nitrogens with zero attached hydrogens (tertiary/aromatic N) is 1. The monoisotopic (exact) mass is 278 g/mol. The van der Waals surface area contributed by atoms with Gasteiger partial charge in [0.1, 0.15) is 5.82 Å². The average Bonchev–Trinajstić information content (AvgIpc) is 2.45. The minimum Gasteiger partial charge on any atom is -0.314 e. The lowest BCUT2D eigenvalue weighted by Crippen LogP contribution is -2.34. The largest absolute Gasteiger partial charge is 0.314 e. The van der Waals surface area contributed by atoms with E-state index in [1.165, 1.54) is 51.4 Å². The van der Waals surface area contributed by atoms with Crippen LogP contribution in [-0.2, 0) is 6.42 Å². The number of piperidine rings is 1. The molecule has 1 heterocycles. The predicted molar refractivity (Wildman–Crippen MR) is 82.5 cm³/mol. The zero-order valence-electron chi connectivity index (χ0n) is 12.6. The summed E-state index contributed by atoms with van der Waals surface area (Å²) in [7, 11) is 0. The molecule has 2 rings (SSSR count). The van der Waals surface area contributed by atoms with Crippen molar-refractivity contribution in [2.24, 2.45) is 0 Å². The van der Waals surface area contributed by atoms with Gasteiger partial charge in [-0.15, -0.1) is 0 Å². The first kappa shape index (κ1) is 15.5. The third-order valence-electron chi connectivity index (χ3n) is 4.02. The van der Waals surface area contributed by atoms with E-state index in [2.05, 4.69) is 17.1 Å². The fourth-order valence-electron chi connectivity index (χ4n) is 2.92. The lowest BCUT2D eigenvalue weighted by molar-refractivity contribution is 0.225. The van der Waals surface area contributed by atoms with Crippen LogP contribution < -0.4 is 5.32 Å². The number of hydrogen-bond donors (Lipinski definition) is 1. The van der Waals surface area contributed by atoms with E-state index in [1.54, 1.807) is 12.1 Å². The fourth-order valence-corrected chi connectivity index (χ4v) is 2.92. The van der Waals surface area contributed by atoms with E-state index in [1.807, 2.05) is 6.07 Å². The molecule has 0 aromatic heterocycles. The van der Waals surface area contributed by atoms with E-state index in [-0.39, 0.29) is 5.82 Å². The Morgan fingerprint density at radius 3 is 2.80 bits per heavy atom. The number of nitrogens with one attached hydrogen (secondary N) is 1. The summed E-state index contributed by atoms with van der Waals surface area (Å²) in [6, 6.07) is 7.31. The number of hydrogen-bond acceptors (Lipinski definition) is 2. The van der Waals surface area contributed by atoms with Gasteiger partial charge in [-0.2, -0.15) is 0 Å². The van der Waals surface area contributed by atoms with Gasteiger partial charge < -0.3 is 10.2 Å². The fraction of sp³-hybridized carbons (Fsp3) is 0.647. The smallest absolute Gasteiger partial charge is 0.123 e. The third kappa shape index (κ3) is 5.59. The van der Waals surface area contributed by atoms with E-state index >= 15 is 0 Å². The Morgan fingerprint density at radius 1 is 1.25 bits per heavy atom. The molecule has 0 amide bonds. The molecule has 1 saturated heterocycles. The van der Waals surface area contributed by atoms with Crippen molar-refractivity contribution in [3.05, 3.63) is 35.6 Å². The topological polar surface area (TPSA) is 15.3 Å². The van der Waals surface area contributed by atoms with E-state index in [0.29, 0.717) is 6.04 Å². The quantitative estimate of drug-likeness (QED) is 0.770. The van der Waals surface area contributed by atoms with Crippen LogP contribution >= 0.6 is 0 Å². The highest BCUT2D eigenvalue weighted by atomic mass is 19.1. The molecular formula is C17H27FN2. The van der Waals surface area contributed by atoms with Crippen LogP contribution in [0.4, 0.5) is 4.39 Å². The highest BCUT2D eigenvalue weighted by molar-refractivity contribution is 5.17. The highest BCUT2D eigenvalue weighted by Gasteiger charge is 2.09. The van der Waals surface area contributed by atoms with Crippen LogP contribution in [0.3, 0.4) is 0 Å². The van der Waals surface area contributed by atoms with Gasteiger partial charge in [-0.3, -0.25) is 0 Å². The molecule has 1 fully saturated rings. The van der Waals surface area contributed by atoms with Crippen molar-refractivity contribution in [2.45, 2.75) is 45.1 Å². The summed E-state index contributed by atoms with van der Waals surface area (Å²) in [5.41, 5.74) is 1.07. The number of rotatable bonds is 7. The molecule has 0 radical (unpaired) electrons. The molecule has 3 heteroatoms. The number of likely N-dealkylation sites (tertiary alicyclic amines) is 1. The minimum absolute atomic E-state index is 0.139. The molecule has 20 heavy (non-hydrogen) atoms. The summed E-state index contributed by atoms with van der Waals surface area (Å²) >= 11 is 0. The van der Waals surface area contributed by atoms with E-state index in [9.17, 15) is 4.39 Å². The minimum atomic E-state index is -0.139. The Hall–Kier alpha value is -0.930. The van der Waals surface area contributed by atoms with Crippen LogP contribution in [0.5, 0.6) is 0 Å². The summed E-state index contributed by atoms with van der Waals surface area (Å²) in [5, 5.41) is 3.54. The molecule has 2 nitrogen and oxygen atoms in total. The average molecular weight is 278 g/mol. The Morgan fingerprint density at radius 2 is 2.05 bits per heavy atom. The van der Waals surface area contributed by atoms with Gasteiger partial charge in [0.05, 0.1) is 0 Å². The van der Waals surface area contributed by atoms with Gasteiger partial charge in [0.25, 0.3) is 0 Å². The van der Waals surface area contributed by atoms with Crippen LogP contribution in [0, 0.1) is 5.82 Å². The highest BCUT2D eigenvalue weighted by Crippen LogP contribution is 2.09. The standard InChI is InChI=1S/C17H27FN2/c1-15(13-16-7-5-8-17(18)14-16)19-9-6-12-20-10-3-2-4-11-20/h5,7-8,14-15,19H,2-4,6,9-13H2,1H3. The second-order valence-corrected chi connectivity index (χ2v) is 5.95. The van der Waals surface area contributed by atoms with Crippen molar-refractivity contribution in [1.29, 1.82) is 0 Å². The third-order valence-corrected chi connectivity index (χ3v) is 4.02. The molecule has 1 aromatic carbocycles. The Bertz CT molecular complexity index is 388. The predicted octanol–water partition coefficient (Wildman–Crippen LogP) is 3.22. The van der Waals surface area contributed by atoms with Crippen LogP contribution in [0.1, 0.15) is 38.2 Å². The zero-order valence-corrected chi connectivity index (χ0v) is 12.6. The summed E-state index contributed by atoms with van der Waals surface area (Å²) < 4.78 is 13.1. The summed E-state index contributed by atoms with van der Waals surface area (Å²) in [6.45, 7) is 6.98. The van der Waals surface area contributed by atoms with Gasteiger partial charge >= 0.3 is 0 Å². The zero-order chi connectivity index (χ0) is 14.2. The van der Waals surface area contributed by atoms with E-state index in [0.717, 1.165) is 18.5 Å². The van der Waals surface area contributed by atoms with Crippen molar-refractivity contribution in [2.75, 3.05) is 26.2 Å². The normalized spacial score (nSPS) is 18.1. The van der Waals surface area contributed by atoms with Crippen molar-refractivity contribution >= 4 is 0 Å². The molecule has 1 aromatic rings. The van der Waals surface area contributed by atoms with Crippen LogP contribution in [0.2, 0.25) is 0 Å². The molecule has 1 aliphatic rings. The second kappa shape index (κ2) is 8.38. The lowest BCUT2D eigenvalue weighted by atomic mass is 10.1. The molecule has 0 bridgehead atoms. The lowest BCUT2D eigenvalue weighted by Gasteiger charge is -2.26. The Balaban J connectivity index is 1.59. The van der Waals surface area contributed by atoms with Gasteiger partial charge in [0.15, 0.2) is 0 Å². The van der Waals surface area contributed by atoms with Crippen LogP contribution in [0.15, 0.2) is 24.3 Å². The van der Waals surface area contributed by atoms with Gasteiger partial charge in [-0.25, -0.2) is 4.39 Å². The SMILES string of the molecule is CC(Cc1cccc(F)c1)NCCCN1CCCCC1. The molecule has 112 valence electrons. The maximum Gasteiger partial charge on any atom is 0.123 e. The molecule has 0 aliphatic carbocycles. The Kier molecular flexibility index (Phi) is 6.48. The summed E-state index contributed by atoms with van der Waals surface area (Å²) in [5.74, 6) is -0.139. The van der Waals surface area contributed by atoms with Crippen molar-refractivity contribution < 1.29 is 4.39 Å². The molecule has 0 saturated carbocycles. The van der Waals surface area contributed by atoms with Gasteiger partial charge in [0.2, 0.25) is 0 Å². The van der Waals surface area contributed by atoms with Crippen molar-refractivity contribution in [3.63, 3.8) is 0 Å². The maximum absolute atomic E-state index is 13.1. The number of halogens is 1. The number of benzene rings is 1. The molecule has 1 atom stereocenters. The summed E-state index contributed by atoms with van der Waals surface area (Å²) in [6.07, 6.45) is 6.22.